The van der Waals surface area contributed by atoms with Crippen molar-refractivity contribution in [1.82, 2.24) is 10.2 Å². The number of nitrogens with zero attached hydrogens (tertiary/aromatic N) is 1. The maximum absolute atomic E-state index is 12.0. The van der Waals surface area contributed by atoms with Crippen molar-refractivity contribution in [3.05, 3.63) is 29.3 Å². The molecule has 0 spiro atoms. The molecule has 0 aliphatic carbocycles. The van der Waals surface area contributed by atoms with Crippen molar-refractivity contribution in [2.24, 2.45) is 0 Å². The Morgan fingerprint density at radius 3 is 2.78 bits per heavy atom. The van der Waals surface area contributed by atoms with Crippen LogP contribution in [0.1, 0.15) is 30.4 Å². The molecule has 1 saturated heterocycles. The van der Waals surface area contributed by atoms with E-state index in [1.807, 2.05) is 32.0 Å². The van der Waals surface area contributed by atoms with Crippen LogP contribution < -0.4 is 10.1 Å². The first-order valence-electron chi connectivity index (χ1n) is 8.42. The number of carbonyl (C=O) groups excluding carboxylic acids is 1. The number of nitrogens with one attached hydrogen (secondary N) is 1. The van der Waals surface area contributed by atoms with Gasteiger partial charge in [-0.2, -0.15) is 0 Å². The summed E-state index contributed by atoms with van der Waals surface area (Å²) in [6, 6.07) is 6.18. The molecule has 128 valence electrons. The monoisotopic (exact) mass is 320 g/mol. The number of likely N-dealkylation sites (tertiary alicyclic amines) is 1. The number of benzene rings is 1. The third kappa shape index (κ3) is 5.22. The van der Waals surface area contributed by atoms with Crippen molar-refractivity contribution in [3.63, 3.8) is 0 Å². The van der Waals surface area contributed by atoms with Gasteiger partial charge in [-0.15, -0.1) is 0 Å². The summed E-state index contributed by atoms with van der Waals surface area (Å²) >= 11 is 0. The molecule has 2 rings (SSSR count). The Bertz CT molecular complexity index is 499. The van der Waals surface area contributed by atoms with Crippen molar-refractivity contribution < 1.29 is 14.6 Å². The Hall–Kier alpha value is -1.59. The highest BCUT2D eigenvalue weighted by Gasteiger charge is 2.23. The predicted octanol–water partition coefficient (Wildman–Crippen LogP) is 1.65. The summed E-state index contributed by atoms with van der Waals surface area (Å²) in [7, 11) is 0. The molecule has 0 saturated carbocycles. The molecule has 5 heteroatoms. The van der Waals surface area contributed by atoms with Crippen LogP contribution in [0.15, 0.2) is 18.2 Å². The van der Waals surface area contributed by atoms with Crippen molar-refractivity contribution in [2.45, 2.75) is 39.2 Å². The number of piperidine rings is 1. The van der Waals surface area contributed by atoms with Gasteiger partial charge in [0.15, 0.2) is 0 Å². The van der Waals surface area contributed by atoms with Crippen LogP contribution in [-0.4, -0.2) is 54.8 Å². The number of carbonyl (C=O) groups is 1. The van der Waals surface area contributed by atoms with E-state index in [0.29, 0.717) is 19.7 Å². The van der Waals surface area contributed by atoms with E-state index in [2.05, 4.69) is 10.2 Å². The zero-order valence-corrected chi connectivity index (χ0v) is 14.2. The summed E-state index contributed by atoms with van der Waals surface area (Å²) in [5, 5.41) is 12.3. The van der Waals surface area contributed by atoms with Gasteiger partial charge >= 0.3 is 0 Å². The fraction of sp³-hybridized carbons (Fsp3) is 0.611. The molecule has 1 atom stereocenters. The number of hydrogen-bond donors (Lipinski definition) is 2. The van der Waals surface area contributed by atoms with Gasteiger partial charge in [-0.1, -0.05) is 24.6 Å². The minimum Gasteiger partial charge on any atom is -0.491 e. The highest BCUT2D eigenvalue weighted by atomic mass is 16.5. The average molecular weight is 320 g/mol. The number of aryl methyl sites for hydroxylation is 2. The predicted molar refractivity (Wildman–Crippen MR) is 90.7 cm³/mol. The van der Waals surface area contributed by atoms with Crippen molar-refractivity contribution in [1.29, 1.82) is 0 Å². The van der Waals surface area contributed by atoms with E-state index in [1.54, 1.807) is 0 Å². The fourth-order valence-electron chi connectivity index (χ4n) is 3.09. The lowest BCUT2D eigenvalue weighted by molar-refractivity contribution is -0.123. The fourth-order valence-corrected chi connectivity index (χ4v) is 3.09. The topological polar surface area (TPSA) is 61.8 Å². The number of amides is 1. The van der Waals surface area contributed by atoms with Gasteiger partial charge in [0.25, 0.3) is 0 Å². The van der Waals surface area contributed by atoms with Gasteiger partial charge in [0.05, 0.1) is 19.7 Å². The molecular weight excluding hydrogens is 292 g/mol. The second kappa shape index (κ2) is 8.89. The average Bonchev–Trinajstić information content (AvgIpc) is 2.54. The minimum absolute atomic E-state index is 0.00421. The van der Waals surface area contributed by atoms with E-state index in [1.165, 1.54) is 0 Å². The summed E-state index contributed by atoms with van der Waals surface area (Å²) in [5.41, 5.74) is 2.21. The zero-order chi connectivity index (χ0) is 16.7. The van der Waals surface area contributed by atoms with E-state index in [9.17, 15) is 9.90 Å². The SMILES string of the molecule is Cc1cccc(C)c1OCCNC(=O)CN1CCCCC1CO. The summed E-state index contributed by atoms with van der Waals surface area (Å²) in [6.45, 7) is 6.36. The normalized spacial score (nSPS) is 18.7. The van der Waals surface area contributed by atoms with Crippen molar-refractivity contribution >= 4 is 5.91 Å². The summed E-state index contributed by atoms with van der Waals surface area (Å²) in [5.74, 6) is 0.897. The van der Waals surface area contributed by atoms with E-state index in [0.717, 1.165) is 42.7 Å². The van der Waals surface area contributed by atoms with Gasteiger partial charge in [-0.3, -0.25) is 9.69 Å². The number of hydrogen-bond acceptors (Lipinski definition) is 4. The molecular formula is C18H28N2O3. The smallest absolute Gasteiger partial charge is 0.234 e. The third-order valence-electron chi connectivity index (χ3n) is 4.39. The molecule has 1 heterocycles. The first-order valence-corrected chi connectivity index (χ1v) is 8.42. The van der Waals surface area contributed by atoms with Gasteiger partial charge in [0.1, 0.15) is 12.4 Å². The van der Waals surface area contributed by atoms with Crippen LogP contribution in [-0.2, 0) is 4.79 Å². The van der Waals surface area contributed by atoms with Crippen molar-refractivity contribution in [2.75, 3.05) is 32.8 Å². The van der Waals surface area contributed by atoms with Crippen LogP contribution in [0, 0.1) is 13.8 Å². The lowest BCUT2D eigenvalue weighted by atomic mass is 10.0. The molecule has 2 N–H and O–H groups in total. The number of para-hydroxylation sites is 1. The molecule has 1 amide bonds. The second-order valence-electron chi connectivity index (χ2n) is 6.22. The largest absolute Gasteiger partial charge is 0.491 e. The van der Waals surface area contributed by atoms with E-state index < -0.39 is 0 Å². The lowest BCUT2D eigenvalue weighted by Crippen LogP contribution is -2.47. The Labute approximate surface area is 138 Å². The second-order valence-corrected chi connectivity index (χ2v) is 6.22. The summed E-state index contributed by atoms with van der Waals surface area (Å²) < 4.78 is 5.78. The molecule has 1 aliphatic rings. The lowest BCUT2D eigenvalue weighted by Gasteiger charge is -2.33. The molecule has 0 radical (unpaired) electrons. The van der Waals surface area contributed by atoms with Crippen molar-refractivity contribution in [3.8, 4) is 5.75 Å². The standard InChI is InChI=1S/C18H28N2O3/c1-14-6-5-7-15(2)18(14)23-11-9-19-17(22)12-20-10-4-3-8-16(20)13-21/h5-7,16,21H,3-4,8-13H2,1-2H3,(H,19,22). The highest BCUT2D eigenvalue weighted by molar-refractivity contribution is 5.78. The van der Waals surface area contributed by atoms with Crippen LogP contribution in [0.5, 0.6) is 5.75 Å². The Morgan fingerprint density at radius 1 is 1.35 bits per heavy atom. The first-order chi connectivity index (χ1) is 11.1. The third-order valence-corrected chi connectivity index (χ3v) is 4.39. The molecule has 0 aromatic heterocycles. The van der Waals surface area contributed by atoms with Gasteiger partial charge in [-0.25, -0.2) is 0 Å². The molecule has 1 aromatic rings. The van der Waals surface area contributed by atoms with Gasteiger partial charge in [-0.05, 0) is 44.4 Å². The Morgan fingerprint density at radius 2 is 2.09 bits per heavy atom. The van der Waals surface area contributed by atoms with E-state index in [4.69, 9.17) is 4.74 Å². The van der Waals surface area contributed by atoms with Gasteiger partial charge in [0.2, 0.25) is 5.91 Å². The minimum atomic E-state index is -0.00421. The van der Waals surface area contributed by atoms with E-state index in [-0.39, 0.29) is 18.6 Å². The summed E-state index contributed by atoms with van der Waals surface area (Å²) in [4.78, 5) is 14.1. The maximum atomic E-state index is 12.0. The van der Waals surface area contributed by atoms with Crippen LogP contribution in [0.25, 0.3) is 0 Å². The van der Waals surface area contributed by atoms with Gasteiger partial charge < -0.3 is 15.2 Å². The van der Waals surface area contributed by atoms with Crippen LogP contribution in [0.4, 0.5) is 0 Å². The van der Waals surface area contributed by atoms with Crippen LogP contribution in [0.2, 0.25) is 0 Å². The number of aliphatic hydroxyl groups is 1. The molecule has 1 aliphatic heterocycles. The molecule has 1 unspecified atom stereocenters. The zero-order valence-electron chi connectivity index (χ0n) is 14.2. The highest BCUT2D eigenvalue weighted by Crippen LogP contribution is 2.21. The number of rotatable bonds is 7. The molecule has 5 nitrogen and oxygen atoms in total. The maximum Gasteiger partial charge on any atom is 0.234 e. The molecule has 1 fully saturated rings. The van der Waals surface area contributed by atoms with Gasteiger partial charge in [0, 0.05) is 6.04 Å². The molecule has 1 aromatic carbocycles. The molecule has 0 bridgehead atoms. The summed E-state index contributed by atoms with van der Waals surface area (Å²) in [6.07, 6.45) is 3.20. The molecule has 23 heavy (non-hydrogen) atoms. The first kappa shape index (κ1) is 17.8. The number of ether oxygens (including phenoxy) is 1. The Balaban J connectivity index is 1.70. The Kier molecular flexibility index (Phi) is 6.86. The number of aliphatic hydroxyl groups excluding tert-OH is 1. The quantitative estimate of drug-likeness (QED) is 0.750. The van der Waals surface area contributed by atoms with E-state index >= 15 is 0 Å². The van der Waals surface area contributed by atoms with Crippen LogP contribution >= 0.6 is 0 Å². The van der Waals surface area contributed by atoms with Crippen LogP contribution in [0.3, 0.4) is 0 Å².